The van der Waals surface area contributed by atoms with Gasteiger partial charge in [-0.3, -0.25) is 0 Å². The van der Waals surface area contributed by atoms with E-state index in [1.54, 1.807) is 31.2 Å². The molecule has 0 fully saturated rings. The van der Waals surface area contributed by atoms with Crippen molar-refractivity contribution in [2.75, 3.05) is 6.61 Å². The fourth-order valence-electron chi connectivity index (χ4n) is 6.05. The first-order valence-electron chi connectivity index (χ1n) is 16.4. The molecule has 54 heavy (non-hydrogen) atoms. The molecule has 0 radical (unpaired) electrons. The van der Waals surface area contributed by atoms with Gasteiger partial charge in [0.25, 0.3) is 0 Å². The number of benzene rings is 4. The first-order chi connectivity index (χ1) is 25.1. The summed E-state index contributed by atoms with van der Waals surface area (Å²) in [5.41, 5.74) is 1.01. The van der Waals surface area contributed by atoms with Gasteiger partial charge in [0.1, 0.15) is 0 Å². The predicted octanol–water partition coefficient (Wildman–Crippen LogP) is 12.4. The smallest absolute Gasteiger partial charge is 0.417 e. The lowest BCUT2D eigenvalue weighted by molar-refractivity contribution is -0.139. The number of carbonyl (C=O) groups excluding carboxylic acids is 1. The van der Waals surface area contributed by atoms with Crippen LogP contribution in [0.1, 0.15) is 88.5 Å². The first-order valence-corrected chi connectivity index (χ1v) is 18.0. The molecule has 0 bridgehead atoms. The van der Waals surface area contributed by atoms with Crippen LogP contribution in [0.2, 0.25) is 10.0 Å². The average Bonchev–Trinajstić information content (AvgIpc) is 3.68. The summed E-state index contributed by atoms with van der Waals surface area (Å²) in [4.78, 5) is 23.1. The molecule has 0 amide bonds. The van der Waals surface area contributed by atoms with E-state index in [-0.39, 0.29) is 23.1 Å². The van der Waals surface area contributed by atoms with Gasteiger partial charge >= 0.3 is 18.3 Å². The van der Waals surface area contributed by atoms with Gasteiger partial charge in [-0.25, -0.2) is 4.79 Å². The van der Waals surface area contributed by atoms with Gasteiger partial charge < -0.3 is 14.4 Å². The van der Waals surface area contributed by atoms with Crippen molar-refractivity contribution in [2.24, 2.45) is 10.3 Å². The van der Waals surface area contributed by atoms with Crippen molar-refractivity contribution in [3.05, 3.63) is 137 Å². The largest absolute Gasteiger partial charge is 0.462 e. The zero-order valence-electron chi connectivity index (χ0n) is 29.5. The van der Waals surface area contributed by atoms with Crippen LogP contribution in [0, 0.1) is 13.8 Å². The molecule has 2 unspecified atom stereocenters. The molecule has 2 aliphatic heterocycles. The molecule has 2 heterocycles. The molecule has 0 saturated carbocycles. The van der Waals surface area contributed by atoms with Gasteiger partial charge in [0.2, 0.25) is 0 Å². The van der Waals surface area contributed by atoms with Crippen molar-refractivity contribution in [1.29, 1.82) is 0 Å². The van der Waals surface area contributed by atoms with Gasteiger partial charge in [0, 0.05) is 38.5 Å². The zero-order chi connectivity index (χ0) is 39.8. The van der Waals surface area contributed by atoms with E-state index < -0.39 is 46.2 Å². The minimum Gasteiger partial charge on any atom is -0.462 e. The minimum absolute atomic E-state index is 0.00325. The number of hydrogen-bond acceptors (Lipinski definition) is 6. The molecule has 0 N–H and O–H groups in total. The number of rotatable bonds is 6. The Labute approximate surface area is 326 Å². The van der Waals surface area contributed by atoms with Crippen LogP contribution in [0.3, 0.4) is 0 Å². The zero-order valence-corrected chi connectivity index (χ0v) is 32.6. The number of nitrogens with zero attached hydrogens (tertiary/aromatic N) is 2. The quantitative estimate of drug-likeness (QED) is 0.143. The summed E-state index contributed by atoms with van der Waals surface area (Å²) in [6.07, 6.45) is -8.55. The van der Waals surface area contributed by atoms with Crippen LogP contribution in [0.15, 0.2) is 87.6 Å². The van der Waals surface area contributed by atoms with Crippen LogP contribution in [0.4, 0.5) is 26.3 Å². The molecule has 4 aromatic rings. The third-order valence-electron chi connectivity index (χ3n) is 8.79. The van der Waals surface area contributed by atoms with Gasteiger partial charge in [-0.05, 0) is 105 Å². The van der Waals surface area contributed by atoms with Crippen molar-refractivity contribution in [3.63, 3.8) is 0 Å². The molecular formula is C39H33BrCl2F6N2O4. The lowest BCUT2D eigenvalue weighted by atomic mass is 9.87. The molecule has 6 nitrogen and oxygen atoms in total. The molecule has 15 heteroatoms. The number of alkyl halides is 6. The summed E-state index contributed by atoms with van der Waals surface area (Å²) in [6, 6.07) is 18.5. The minimum atomic E-state index is -4.72. The summed E-state index contributed by atoms with van der Waals surface area (Å²) < 4.78 is 84.6. The van der Waals surface area contributed by atoms with E-state index in [1.807, 2.05) is 39.0 Å². The number of aryl methyl sites for hydroxylation is 2. The molecule has 0 spiro atoms. The van der Waals surface area contributed by atoms with Gasteiger partial charge in [0.05, 0.1) is 34.7 Å². The van der Waals surface area contributed by atoms with E-state index in [0.717, 1.165) is 40.5 Å². The average molecular weight is 859 g/mol. The number of halogens is 9. The lowest BCUT2D eigenvalue weighted by Gasteiger charge is -2.22. The van der Waals surface area contributed by atoms with Gasteiger partial charge in [-0.15, -0.1) is 0 Å². The Morgan fingerprint density at radius 1 is 0.741 bits per heavy atom. The Bertz CT molecular complexity index is 2120. The summed E-state index contributed by atoms with van der Waals surface area (Å²) in [5, 5.41) is 9.18. The molecular weight excluding hydrogens is 825 g/mol. The molecule has 286 valence electrons. The van der Waals surface area contributed by atoms with Gasteiger partial charge in [-0.2, -0.15) is 26.3 Å². The molecule has 0 aromatic heterocycles. The van der Waals surface area contributed by atoms with E-state index in [1.165, 1.54) is 19.1 Å². The Morgan fingerprint density at radius 3 is 1.61 bits per heavy atom. The fourth-order valence-corrected chi connectivity index (χ4v) is 7.10. The van der Waals surface area contributed by atoms with Crippen molar-refractivity contribution < 1.29 is 45.5 Å². The van der Waals surface area contributed by atoms with Crippen LogP contribution in [-0.4, -0.2) is 24.0 Å². The van der Waals surface area contributed by atoms with Crippen molar-refractivity contribution in [2.45, 2.75) is 71.0 Å². The number of hydrogen-bond donors (Lipinski definition) is 0. The molecule has 2 atom stereocenters. The Balaban J connectivity index is 0.000000210. The van der Waals surface area contributed by atoms with Crippen molar-refractivity contribution >= 4 is 56.5 Å². The predicted molar refractivity (Wildman–Crippen MR) is 198 cm³/mol. The van der Waals surface area contributed by atoms with Crippen LogP contribution in [0.5, 0.6) is 0 Å². The number of esters is 1. The second kappa shape index (κ2) is 15.6. The highest BCUT2D eigenvalue weighted by atomic mass is 79.9. The molecule has 0 aliphatic carbocycles. The maximum absolute atomic E-state index is 13.5. The molecule has 6 rings (SSSR count). The first kappa shape index (κ1) is 41.1. The van der Waals surface area contributed by atoms with Crippen LogP contribution in [-0.2, 0) is 38.0 Å². The highest BCUT2D eigenvalue weighted by Crippen LogP contribution is 2.41. The van der Waals surface area contributed by atoms with Gasteiger partial charge in [0.15, 0.2) is 11.2 Å². The Kier molecular flexibility index (Phi) is 11.9. The lowest BCUT2D eigenvalue weighted by Crippen LogP contribution is -2.22. The summed E-state index contributed by atoms with van der Waals surface area (Å²) >= 11 is 15.2. The number of oxime groups is 2. The molecule has 2 aliphatic rings. The van der Waals surface area contributed by atoms with Crippen LogP contribution < -0.4 is 0 Å². The SMILES string of the molecule is CCOC(=O)c1ccc(C2=NOC(C)(c3cc(C)cc(Cl)c3)C2)cc1C(F)(F)F.Cc1cc(Cl)cc(C2(C)CC(c3ccc(Br)c(C(F)(F)F)c3)=NO2)c1. The maximum atomic E-state index is 13.5. The molecule has 0 saturated heterocycles. The third-order valence-corrected chi connectivity index (χ3v) is 9.92. The summed E-state index contributed by atoms with van der Waals surface area (Å²) in [7, 11) is 0. The number of carbonyl (C=O) groups is 1. The van der Waals surface area contributed by atoms with E-state index >= 15 is 0 Å². The topological polar surface area (TPSA) is 69.5 Å². The van der Waals surface area contributed by atoms with E-state index in [0.29, 0.717) is 33.5 Å². The third kappa shape index (κ3) is 9.23. The highest BCUT2D eigenvalue weighted by molar-refractivity contribution is 9.10. The summed E-state index contributed by atoms with van der Waals surface area (Å²) in [6.45, 7) is 8.96. The molecule has 4 aromatic carbocycles. The number of ether oxygens (including phenoxy) is 1. The van der Waals surface area contributed by atoms with E-state index in [4.69, 9.17) is 37.6 Å². The normalized spacial score (nSPS) is 19.6. The Hall–Kier alpha value is -4.07. The second-order valence-corrected chi connectivity index (χ2v) is 15.0. The van der Waals surface area contributed by atoms with Crippen LogP contribution in [0.25, 0.3) is 0 Å². The van der Waals surface area contributed by atoms with Crippen molar-refractivity contribution in [1.82, 2.24) is 0 Å². The van der Waals surface area contributed by atoms with Gasteiger partial charge in [-0.1, -0.05) is 73.7 Å². The maximum Gasteiger partial charge on any atom is 0.417 e. The van der Waals surface area contributed by atoms with Crippen molar-refractivity contribution in [3.8, 4) is 0 Å². The monoisotopic (exact) mass is 856 g/mol. The van der Waals surface area contributed by atoms with E-state index in [9.17, 15) is 31.1 Å². The second-order valence-electron chi connectivity index (χ2n) is 13.3. The Morgan fingerprint density at radius 2 is 1.19 bits per heavy atom. The van der Waals surface area contributed by atoms with Crippen LogP contribution >= 0.6 is 39.1 Å². The highest BCUT2D eigenvalue weighted by Gasteiger charge is 2.41. The standard InChI is InChI=1S/C21H19ClF3NO3.C18H14BrClF3NO/c1-4-28-19(27)16-6-5-13(9-17(16)21(23,24)25)18-11-20(3,29-26-18)14-7-12(2)8-15(22)10-14;1-10-5-12(8-13(20)6-10)17(2)9-16(24-25-17)11-3-4-15(19)14(7-11)18(21,22)23/h5-10H,4,11H2,1-3H3;3-8H,9H2,1-2H3. The van der Waals surface area contributed by atoms with E-state index in [2.05, 4.69) is 26.2 Å². The summed E-state index contributed by atoms with van der Waals surface area (Å²) in [5.74, 6) is -1.02. The fraction of sp³-hybridized carbons (Fsp3) is 0.308.